The molecule has 4 nitrogen and oxygen atoms in total. The minimum absolute atomic E-state index is 0.0167. The first-order chi connectivity index (χ1) is 15.4. The fourth-order valence-corrected chi connectivity index (χ4v) is 5.23. The molecular formula is C27H28N2O2S. The second kappa shape index (κ2) is 9.61. The van der Waals surface area contributed by atoms with Crippen LogP contribution in [0.15, 0.2) is 77.7 Å². The van der Waals surface area contributed by atoms with E-state index in [0.29, 0.717) is 13.1 Å². The molecule has 0 aromatic heterocycles. The first-order valence-electron chi connectivity index (χ1n) is 10.9. The van der Waals surface area contributed by atoms with Gasteiger partial charge >= 0.3 is 0 Å². The number of thioether (sulfide) groups is 1. The zero-order chi connectivity index (χ0) is 22.7. The van der Waals surface area contributed by atoms with Crippen molar-refractivity contribution in [3.05, 3.63) is 95.1 Å². The van der Waals surface area contributed by atoms with E-state index in [9.17, 15) is 9.59 Å². The summed E-state index contributed by atoms with van der Waals surface area (Å²) in [6.45, 7) is 6.94. The smallest absolute Gasteiger partial charge is 0.241 e. The van der Waals surface area contributed by atoms with Crippen LogP contribution in [0.5, 0.6) is 0 Å². The van der Waals surface area contributed by atoms with Gasteiger partial charge < -0.3 is 10.2 Å². The summed E-state index contributed by atoms with van der Waals surface area (Å²) in [7, 11) is 0. The average molecular weight is 445 g/mol. The Bertz CT molecular complexity index is 1130. The molecule has 3 aromatic carbocycles. The van der Waals surface area contributed by atoms with E-state index < -0.39 is 11.2 Å². The Hall–Kier alpha value is -3.05. The van der Waals surface area contributed by atoms with E-state index in [4.69, 9.17) is 0 Å². The number of rotatable bonds is 6. The summed E-state index contributed by atoms with van der Waals surface area (Å²) in [5.74, 6) is -0.576. The molecule has 5 heteroatoms. The van der Waals surface area contributed by atoms with Crippen LogP contribution in [0.25, 0.3) is 0 Å². The molecule has 0 spiro atoms. The highest BCUT2D eigenvalue weighted by Crippen LogP contribution is 2.42. The molecule has 0 saturated carbocycles. The molecule has 2 amide bonds. The minimum atomic E-state index is -0.467. The third-order valence-electron chi connectivity index (χ3n) is 5.93. The molecule has 2 unspecified atom stereocenters. The quantitative estimate of drug-likeness (QED) is 0.564. The van der Waals surface area contributed by atoms with E-state index in [1.54, 1.807) is 0 Å². The summed E-state index contributed by atoms with van der Waals surface area (Å²) in [6.07, 6.45) is 0. The van der Waals surface area contributed by atoms with Gasteiger partial charge in [-0.1, -0.05) is 73.2 Å². The Labute approximate surface area is 194 Å². The Morgan fingerprint density at radius 1 is 1.03 bits per heavy atom. The van der Waals surface area contributed by atoms with Crippen molar-refractivity contribution < 1.29 is 9.59 Å². The topological polar surface area (TPSA) is 49.4 Å². The summed E-state index contributed by atoms with van der Waals surface area (Å²) in [6, 6.07) is 24.1. The van der Waals surface area contributed by atoms with Crippen LogP contribution in [0.4, 0.5) is 5.69 Å². The van der Waals surface area contributed by atoms with Crippen LogP contribution < -0.4 is 10.2 Å². The van der Waals surface area contributed by atoms with Gasteiger partial charge in [-0.2, -0.15) is 0 Å². The third-order valence-corrected chi connectivity index (χ3v) is 7.39. The lowest BCUT2D eigenvalue weighted by molar-refractivity contribution is -0.128. The number of fused-ring (bicyclic) bond motifs is 1. The molecule has 3 aromatic rings. The standard InChI is InChI=1S/C27H28N2O2S/c1-18-13-14-19(2)22(15-18)17-29-23-11-7-8-12-24(23)32-25(27(29)31)20(3)26(30)28-16-21-9-5-4-6-10-21/h4-15,20,25H,16-17H2,1-3H3,(H,28,30). The van der Waals surface area contributed by atoms with Crippen molar-refractivity contribution in [2.45, 2.75) is 44.0 Å². The highest BCUT2D eigenvalue weighted by molar-refractivity contribution is 8.01. The SMILES string of the molecule is Cc1ccc(C)c(CN2C(=O)C(C(C)C(=O)NCc3ccccc3)Sc3ccccc32)c1. The van der Waals surface area contributed by atoms with Crippen LogP contribution in [0.3, 0.4) is 0 Å². The van der Waals surface area contributed by atoms with E-state index >= 15 is 0 Å². The van der Waals surface area contributed by atoms with Crippen LogP contribution in [-0.2, 0) is 22.7 Å². The number of nitrogens with one attached hydrogen (secondary N) is 1. The molecule has 32 heavy (non-hydrogen) atoms. The van der Waals surface area contributed by atoms with Crippen molar-refractivity contribution in [2.24, 2.45) is 5.92 Å². The van der Waals surface area contributed by atoms with Crippen molar-refractivity contribution in [3.8, 4) is 0 Å². The van der Waals surface area contributed by atoms with E-state index in [-0.39, 0.29) is 11.8 Å². The number of carbonyl (C=O) groups excluding carboxylic acids is 2. The van der Waals surface area contributed by atoms with Crippen LogP contribution in [0, 0.1) is 19.8 Å². The summed E-state index contributed by atoms with van der Waals surface area (Å²) < 4.78 is 0. The highest BCUT2D eigenvalue weighted by Gasteiger charge is 2.39. The van der Waals surface area contributed by atoms with E-state index in [1.165, 1.54) is 17.3 Å². The summed E-state index contributed by atoms with van der Waals surface area (Å²) >= 11 is 1.49. The van der Waals surface area contributed by atoms with Crippen molar-refractivity contribution in [2.75, 3.05) is 4.90 Å². The maximum Gasteiger partial charge on any atom is 0.241 e. The van der Waals surface area contributed by atoms with Crippen LogP contribution >= 0.6 is 11.8 Å². The normalized spacial score (nSPS) is 16.4. The molecule has 1 heterocycles. The largest absolute Gasteiger partial charge is 0.352 e. The molecule has 0 fully saturated rings. The molecule has 1 aliphatic rings. The van der Waals surface area contributed by atoms with Gasteiger partial charge in [-0.15, -0.1) is 11.8 Å². The van der Waals surface area contributed by atoms with E-state index in [2.05, 4.69) is 37.4 Å². The lowest BCUT2D eigenvalue weighted by atomic mass is 10.0. The number of benzene rings is 3. The monoisotopic (exact) mass is 444 g/mol. The number of amides is 2. The Kier molecular flexibility index (Phi) is 6.66. The zero-order valence-electron chi connectivity index (χ0n) is 18.7. The van der Waals surface area contributed by atoms with Crippen LogP contribution in [0.1, 0.15) is 29.2 Å². The Morgan fingerprint density at radius 2 is 1.75 bits per heavy atom. The fraction of sp³-hybridized carbons (Fsp3) is 0.259. The molecule has 0 bridgehead atoms. The lowest BCUT2D eigenvalue weighted by Gasteiger charge is -2.36. The number of nitrogens with zero attached hydrogens (tertiary/aromatic N) is 1. The summed E-state index contributed by atoms with van der Waals surface area (Å²) in [5, 5.41) is 2.53. The van der Waals surface area contributed by atoms with Crippen molar-refractivity contribution in [1.82, 2.24) is 5.32 Å². The molecular weight excluding hydrogens is 416 g/mol. The molecule has 2 atom stereocenters. The van der Waals surface area contributed by atoms with Crippen molar-refractivity contribution in [3.63, 3.8) is 0 Å². The Balaban J connectivity index is 1.56. The molecule has 4 rings (SSSR count). The molecule has 0 saturated heterocycles. The Morgan fingerprint density at radius 3 is 2.53 bits per heavy atom. The first kappa shape index (κ1) is 22.2. The number of para-hydroxylation sites is 1. The van der Waals surface area contributed by atoms with Crippen molar-refractivity contribution in [1.29, 1.82) is 0 Å². The number of hydrogen-bond donors (Lipinski definition) is 1. The molecule has 164 valence electrons. The van der Waals surface area contributed by atoms with Gasteiger partial charge in [0.05, 0.1) is 18.2 Å². The number of anilines is 1. The molecule has 0 aliphatic carbocycles. The van der Waals surface area contributed by atoms with Gasteiger partial charge in [-0.3, -0.25) is 9.59 Å². The van der Waals surface area contributed by atoms with Gasteiger partial charge in [-0.05, 0) is 42.7 Å². The number of carbonyl (C=O) groups is 2. The second-order valence-electron chi connectivity index (χ2n) is 8.35. The molecule has 1 aliphatic heterocycles. The summed E-state index contributed by atoms with van der Waals surface area (Å²) in [4.78, 5) is 29.5. The van der Waals surface area contributed by atoms with Gasteiger partial charge in [0.2, 0.25) is 11.8 Å². The maximum absolute atomic E-state index is 13.6. The predicted molar refractivity (Wildman–Crippen MR) is 131 cm³/mol. The van der Waals surface area contributed by atoms with Crippen LogP contribution in [0.2, 0.25) is 0 Å². The van der Waals surface area contributed by atoms with E-state index in [1.807, 2.05) is 66.4 Å². The average Bonchev–Trinajstić information content (AvgIpc) is 2.81. The minimum Gasteiger partial charge on any atom is -0.352 e. The highest BCUT2D eigenvalue weighted by atomic mass is 32.2. The third kappa shape index (κ3) is 4.73. The lowest BCUT2D eigenvalue weighted by Crippen LogP contribution is -2.47. The molecule has 1 N–H and O–H groups in total. The number of aryl methyl sites for hydroxylation is 2. The maximum atomic E-state index is 13.6. The van der Waals surface area contributed by atoms with Gasteiger partial charge in [0.25, 0.3) is 0 Å². The fourth-order valence-electron chi connectivity index (χ4n) is 3.94. The number of hydrogen-bond acceptors (Lipinski definition) is 3. The first-order valence-corrected chi connectivity index (χ1v) is 11.8. The van der Waals surface area contributed by atoms with E-state index in [0.717, 1.165) is 27.3 Å². The van der Waals surface area contributed by atoms with Gasteiger partial charge in [-0.25, -0.2) is 0 Å². The summed E-state index contributed by atoms with van der Waals surface area (Å²) in [5.41, 5.74) is 5.40. The van der Waals surface area contributed by atoms with Crippen LogP contribution in [-0.4, -0.2) is 17.1 Å². The predicted octanol–water partition coefficient (Wildman–Crippen LogP) is 5.26. The van der Waals surface area contributed by atoms with Gasteiger partial charge in [0.15, 0.2) is 0 Å². The van der Waals surface area contributed by atoms with Gasteiger partial charge in [0, 0.05) is 11.4 Å². The zero-order valence-corrected chi connectivity index (χ0v) is 19.5. The molecule has 0 radical (unpaired) electrons. The van der Waals surface area contributed by atoms with Gasteiger partial charge in [0.1, 0.15) is 5.25 Å². The second-order valence-corrected chi connectivity index (χ2v) is 9.54. The van der Waals surface area contributed by atoms with Crippen molar-refractivity contribution >= 4 is 29.3 Å².